The molecule has 32 heavy (non-hydrogen) atoms. The van der Waals surface area contributed by atoms with Crippen molar-refractivity contribution in [2.45, 2.75) is 32.7 Å². The van der Waals surface area contributed by atoms with Gasteiger partial charge < -0.3 is 4.90 Å². The van der Waals surface area contributed by atoms with E-state index in [1.54, 1.807) is 0 Å². The van der Waals surface area contributed by atoms with E-state index < -0.39 is 5.41 Å². The Morgan fingerprint density at radius 3 is 2.34 bits per heavy atom. The van der Waals surface area contributed by atoms with Gasteiger partial charge in [0.15, 0.2) is 0 Å². The highest BCUT2D eigenvalue weighted by Gasteiger charge is 2.44. The summed E-state index contributed by atoms with van der Waals surface area (Å²) < 4.78 is 1.28. The molecule has 0 saturated heterocycles. The first-order valence-corrected chi connectivity index (χ1v) is 11.9. The summed E-state index contributed by atoms with van der Waals surface area (Å²) in [6.45, 7) is 6.01. The molecule has 4 aromatic rings. The smallest absolute Gasteiger partial charge is 0.232 e. The molecule has 1 aliphatic rings. The molecule has 5 rings (SSSR count). The van der Waals surface area contributed by atoms with Crippen LogP contribution in [0.4, 0.5) is 5.69 Å². The summed E-state index contributed by atoms with van der Waals surface area (Å²) in [4.78, 5) is 17.0. The summed E-state index contributed by atoms with van der Waals surface area (Å²) >= 11 is 1.83. The Bertz CT molecular complexity index is 1260. The molecule has 0 spiro atoms. The summed E-state index contributed by atoms with van der Waals surface area (Å²) in [5.74, 6) is 0.256. The van der Waals surface area contributed by atoms with E-state index in [1.165, 1.54) is 20.5 Å². The molecule has 1 aromatic heterocycles. The topological polar surface area (TPSA) is 20.3 Å². The van der Waals surface area contributed by atoms with Crippen molar-refractivity contribution in [2.75, 3.05) is 4.90 Å². The van der Waals surface area contributed by atoms with Gasteiger partial charge in [-0.05, 0) is 34.7 Å². The van der Waals surface area contributed by atoms with Crippen LogP contribution in [-0.4, -0.2) is 11.9 Å². The summed E-state index contributed by atoms with van der Waals surface area (Å²) in [6.07, 6.45) is 4.37. The fraction of sp³-hybridized carbons (Fsp3) is 0.207. The summed E-state index contributed by atoms with van der Waals surface area (Å²) in [5, 5.41) is 1.26. The second-order valence-electron chi connectivity index (χ2n) is 9.41. The molecule has 2 atom stereocenters. The highest BCUT2D eigenvalue weighted by Crippen LogP contribution is 2.49. The van der Waals surface area contributed by atoms with Crippen molar-refractivity contribution < 1.29 is 4.79 Å². The van der Waals surface area contributed by atoms with Crippen molar-refractivity contribution in [3.63, 3.8) is 0 Å². The Morgan fingerprint density at radius 1 is 0.906 bits per heavy atom. The number of para-hydroxylation sites is 1. The van der Waals surface area contributed by atoms with E-state index in [-0.39, 0.29) is 17.9 Å². The monoisotopic (exact) mass is 437 g/mol. The van der Waals surface area contributed by atoms with Crippen molar-refractivity contribution in [1.29, 1.82) is 0 Å². The van der Waals surface area contributed by atoms with Crippen LogP contribution in [0.1, 0.15) is 42.7 Å². The highest BCUT2D eigenvalue weighted by molar-refractivity contribution is 7.19. The normalized spacial score (nSPS) is 18.4. The van der Waals surface area contributed by atoms with Crippen LogP contribution in [-0.2, 0) is 4.79 Å². The molecule has 0 radical (unpaired) electrons. The zero-order valence-electron chi connectivity index (χ0n) is 18.7. The number of nitrogens with zero attached hydrogens (tertiary/aromatic N) is 1. The van der Waals surface area contributed by atoms with Crippen molar-refractivity contribution in [2.24, 2.45) is 5.41 Å². The molecule has 1 amide bonds. The van der Waals surface area contributed by atoms with Crippen LogP contribution in [0.25, 0.3) is 16.2 Å². The maximum absolute atomic E-state index is 13.7. The molecule has 2 nitrogen and oxygen atoms in total. The van der Waals surface area contributed by atoms with Crippen LogP contribution in [0.5, 0.6) is 0 Å². The molecular formula is C29H27NOS. The van der Waals surface area contributed by atoms with E-state index in [4.69, 9.17) is 0 Å². The largest absolute Gasteiger partial charge is 0.304 e. The van der Waals surface area contributed by atoms with Crippen LogP contribution in [0.15, 0.2) is 91.0 Å². The molecule has 160 valence electrons. The molecule has 0 aliphatic carbocycles. The van der Waals surface area contributed by atoms with Gasteiger partial charge in [-0.3, -0.25) is 4.79 Å². The van der Waals surface area contributed by atoms with Crippen molar-refractivity contribution in [3.05, 3.63) is 107 Å². The van der Waals surface area contributed by atoms with E-state index in [0.29, 0.717) is 0 Å². The van der Waals surface area contributed by atoms with Gasteiger partial charge in [0.2, 0.25) is 5.91 Å². The Morgan fingerprint density at radius 2 is 1.59 bits per heavy atom. The molecule has 0 bridgehead atoms. The van der Waals surface area contributed by atoms with Gasteiger partial charge in [0.1, 0.15) is 0 Å². The minimum atomic E-state index is -0.471. The number of benzene rings is 3. The first-order valence-electron chi connectivity index (χ1n) is 11.1. The van der Waals surface area contributed by atoms with Gasteiger partial charge in [-0.15, -0.1) is 11.3 Å². The summed E-state index contributed by atoms with van der Waals surface area (Å²) in [5.41, 5.74) is 2.92. The predicted octanol–water partition coefficient (Wildman–Crippen LogP) is 7.51. The van der Waals surface area contributed by atoms with Crippen LogP contribution in [0.3, 0.4) is 0 Å². The van der Waals surface area contributed by atoms with E-state index in [1.807, 2.05) is 61.3 Å². The molecule has 1 aliphatic heterocycles. The minimum Gasteiger partial charge on any atom is -0.304 e. The zero-order valence-corrected chi connectivity index (χ0v) is 19.5. The number of hydrogen-bond donors (Lipinski definition) is 0. The van der Waals surface area contributed by atoms with E-state index in [0.717, 1.165) is 11.3 Å². The summed E-state index contributed by atoms with van der Waals surface area (Å²) in [7, 11) is 0. The molecule has 0 N–H and O–H groups in total. The van der Waals surface area contributed by atoms with Gasteiger partial charge in [0, 0.05) is 26.6 Å². The number of thiophene rings is 1. The molecule has 0 unspecified atom stereocenters. The van der Waals surface area contributed by atoms with Crippen molar-refractivity contribution in [3.8, 4) is 0 Å². The molecular weight excluding hydrogens is 410 g/mol. The number of anilines is 1. The molecule has 0 saturated carbocycles. The lowest BCUT2D eigenvalue weighted by Gasteiger charge is -2.31. The Kier molecular flexibility index (Phi) is 5.22. The third-order valence-corrected chi connectivity index (χ3v) is 7.27. The number of carbonyl (C=O) groups is 1. The minimum absolute atomic E-state index is 0.0765. The maximum Gasteiger partial charge on any atom is 0.232 e. The molecule has 2 heterocycles. The number of hydrogen-bond acceptors (Lipinski definition) is 2. The lowest BCUT2D eigenvalue weighted by Crippen LogP contribution is -2.44. The second kappa shape index (κ2) is 8.07. The Hall–Kier alpha value is -3.17. The lowest BCUT2D eigenvalue weighted by molar-refractivity contribution is -0.126. The zero-order chi connectivity index (χ0) is 22.3. The Balaban J connectivity index is 1.68. The fourth-order valence-corrected chi connectivity index (χ4v) is 5.74. The lowest BCUT2D eigenvalue weighted by atomic mass is 9.91. The van der Waals surface area contributed by atoms with Gasteiger partial charge in [0.25, 0.3) is 0 Å². The van der Waals surface area contributed by atoms with E-state index in [9.17, 15) is 4.79 Å². The van der Waals surface area contributed by atoms with Crippen LogP contribution in [0, 0.1) is 5.41 Å². The van der Waals surface area contributed by atoms with Gasteiger partial charge >= 0.3 is 0 Å². The first kappa shape index (κ1) is 20.7. The predicted molar refractivity (Wildman–Crippen MR) is 136 cm³/mol. The highest BCUT2D eigenvalue weighted by atomic mass is 32.1. The number of fused-ring (bicyclic) bond motifs is 2. The number of amides is 1. The van der Waals surface area contributed by atoms with Gasteiger partial charge in [-0.25, -0.2) is 0 Å². The second-order valence-corrected chi connectivity index (χ2v) is 10.5. The first-order chi connectivity index (χ1) is 15.4. The number of rotatable bonds is 3. The fourth-order valence-electron chi connectivity index (χ4n) is 4.52. The van der Waals surface area contributed by atoms with Crippen molar-refractivity contribution >= 4 is 39.1 Å². The van der Waals surface area contributed by atoms with Gasteiger partial charge in [-0.1, -0.05) is 99.7 Å². The average Bonchev–Trinajstić information content (AvgIpc) is 3.35. The quantitative estimate of drug-likeness (QED) is 0.325. The van der Waals surface area contributed by atoms with Crippen LogP contribution >= 0.6 is 11.3 Å². The molecule has 3 aromatic carbocycles. The number of carbonyl (C=O) groups excluding carboxylic acids is 1. The maximum atomic E-state index is 13.7. The van der Waals surface area contributed by atoms with Crippen molar-refractivity contribution in [1.82, 2.24) is 0 Å². The average molecular weight is 438 g/mol. The van der Waals surface area contributed by atoms with Gasteiger partial charge in [0.05, 0.1) is 6.04 Å². The third-order valence-electron chi connectivity index (χ3n) is 6.07. The summed E-state index contributed by atoms with van der Waals surface area (Å²) in [6, 6.07) is 29.5. The van der Waals surface area contributed by atoms with Crippen LogP contribution in [0.2, 0.25) is 0 Å². The standard InChI is InChI=1S/C29H27NOS/c1-29(2,3)28(31)30-23-15-9-8-14-22(23)27(24(30)18-17-20-11-5-4-6-12-20)26-19-21-13-7-10-16-25(21)32-26/h4-19,24,27H,1-3H3/b18-17+/t24-,27+/m0/s1. The van der Waals surface area contributed by atoms with E-state index >= 15 is 0 Å². The van der Waals surface area contributed by atoms with Crippen LogP contribution < -0.4 is 4.90 Å². The molecule has 0 fully saturated rings. The van der Waals surface area contributed by atoms with Gasteiger partial charge in [-0.2, -0.15) is 0 Å². The SMILES string of the molecule is CC(C)(C)C(=O)N1c2ccccc2[C@@H](c2cc3ccccc3s2)[C@@H]1/C=C/c1ccccc1. The third kappa shape index (κ3) is 3.67. The molecule has 3 heteroatoms. The van der Waals surface area contributed by atoms with E-state index in [2.05, 4.69) is 72.8 Å². The Labute approximate surface area is 193 Å².